The average molecular weight is 314 g/mol. The largest absolute Gasteiger partial charge is 0.416 e. The minimum absolute atomic E-state index is 0.0876. The normalized spacial score (nSPS) is 14.3. The Hall–Kier alpha value is -1.19. The maximum absolute atomic E-state index is 13.4. The van der Waals surface area contributed by atoms with Crippen LogP contribution in [0.2, 0.25) is 0 Å². The number of alkyl halides is 3. The minimum atomic E-state index is -4.75. The van der Waals surface area contributed by atoms with Gasteiger partial charge in [-0.05, 0) is 31.5 Å². The van der Waals surface area contributed by atoms with Crippen LogP contribution in [0.3, 0.4) is 0 Å². The highest BCUT2D eigenvalue weighted by atomic mass is 32.2. The first-order valence-corrected chi connectivity index (χ1v) is 7.14. The number of benzene rings is 1. The van der Waals surface area contributed by atoms with E-state index in [0.29, 0.717) is 12.1 Å². The quantitative estimate of drug-likeness (QED) is 0.815. The van der Waals surface area contributed by atoms with Crippen molar-refractivity contribution in [3.63, 3.8) is 0 Å². The van der Waals surface area contributed by atoms with Crippen LogP contribution in [0.15, 0.2) is 23.1 Å². The van der Waals surface area contributed by atoms with E-state index in [1.54, 1.807) is 6.92 Å². The second-order valence-electron chi connectivity index (χ2n) is 4.31. The molecule has 0 saturated carbocycles. The molecule has 9 heteroatoms. The fourth-order valence-corrected chi connectivity index (χ4v) is 2.53. The molecule has 20 heavy (non-hydrogen) atoms. The summed E-state index contributed by atoms with van der Waals surface area (Å²) < 4.78 is 76.4. The SMILES string of the molecule is CC(N)CCNS(=O)(=O)c1cc(C(F)(F)F)ccc1F. The summed E-state index contributed by atoms with van der Waals surface area (Å²) >= 11 is 0. The van der Waals surface area contributed by atoms with Gasteiger partial charge in [0.1, 0.15) is 10.7 Å². The molecule has 1 atom stereocenters. The van der Waals surface area contributed by atoms with Gasteiger partial charge >= 0.3 is 6.18 Å². The van der Waals surface area contributed by atoms with Crippen molar-refractivity contribution in [2.75, 3.05) is 6.54 Å². The summed E-state index contributed by atoms with van der Waals surface area (Å²) in [6.45, 7) is 1.55. The monoisotopic (exact) mass is 314 g/mol. The van der Waals surface area contributed by atoms with E-state index in [4.69, 9.17) is 5.73 Å². The van der Waals surface area contributed by atoms with Gasteiger partial charge < -0.3 is 5.73 Å². The van der Waals surface area contributed by atoms with E-state index in [-0.39, 0.29) is 25.1 Å². The van der Waals surface area contributed by atoms with E-state index in [2.05, 4.69) is 0 Å². The predicted molar refractivity (Wildman–Crippen MR) is 64.9 cm³/mol. The molecule has 0 aliphatic carbocycles. The maximum Gasteiger partial charge on any atom is 0.416 e. The Kier molecular flexibility index (Phi) is 5.11. The third-order valence-electron chi connectivity index (χ3n) is 2.44. The summed E-state index contributed by atoms with van der Waals surface area (Å²) in [7, 11) is -4.35. The number of hydrogen-bond acceptors (Lipinski definition) is 3. The average Bonchev–Trinajstić information content (AvgIpc) is 2.26. The Balaban J connectivity index is 3.05. The number of sulfonamides is 1. The van der Waals surface area contributed by atoms with Crippen LogP contribution in [0.25, 0.3) is 0 Å². The Morgan fingerprint density at radius 3 is 2.45 bits per heavy atom. The van der Waals surface area contributed by atoms with E-state index in [1.807, 2.05) is 4.72 Å². The van der Waals surface area contributed by atoms with Crippen molar-refractivity contribution in [1.29, 1.82) is 0 Å². The molecule has 1 aromatic carbocycles. The molecule has 0 fully saturated rings. The number of hydrogen-bond donors (Lipinski definition) is 2. The van der Waals surface area contributed by atoms with Gasteiger partial charge in [0.05, 0.1) is 5.56 Å². The van der Waals surface area contributed by atoms with Gasteiger partial charge in [-0.15, -0.1) is 0 Å². The van der Waals surface area contributed by atoms with Crippen LogP contribution in [0.4, 0.5) is 17.6 Å². The molecule has 114 valence electrons. The molecular weight excluding hydrogens is 300 g/mol. The van der Waals surface area contributed by atoms with Crippen LogP contribution in [-0.4, -0.2) is 21.0 Å². The topological polar surface area (TPSA) is 72.2 Å². The molecule has 1 aromatic rings. The molecule has 4 nitrogen and oxygen atoms in total. The molecule has 0 radical (unpaired) electrons. The number of nitrogens with one attached hydrogen (secondary N) is 1. The van der Waals surface area contributed by atoms with E-state index >= 15 is 0 Å². The molecule has 0 spiro atoms. The molecule has 3 N–H and O–H groups in total. The second-order valence-corrected chi connectivity index (χ2v) is 6.04. The molecule has 1 rings (SSSR count). The summed E-state index contributed by atoms with van der Waals surface area (Å²) in [5, 5.41) is 0. The van der Waals surface area contributed by atoms with Crippen LogP contribution in [-0.2, 0) is 16.2 Å². The van der Waals surface area contributed by atoms with Gasteiger partial charge in [-0.1, -0.05) is 0 Å². The number of nitrogens with two attached hydrogens (primary N) is 1. The predicted octanol–water partition coefficient (Wildman–Crippen LogP) is 1.86. The first kappa shape index (κ1) is 16.9. The van der Waals surface area contributed by atoms with Gasteiger partial charge in [0.15, 0.2) is 0 Å². The molecule has 0 aliphatic heterocycles. The van der Waals surface area contributed by atoms with Crippen molar-refractivity contribution in [1.82, 2.24) is 4.72 Å². The molecule has 0 aliphatic rings. The Bertz CT molecular complexity index is 570. The lowest BCUT2D eigenvalue weighted by atomic mass is 10.2. The van der Waals surface area contributed by atoms with Crippen LogP contribution in [0.5, 0.6) is 0 Å². The van der Waals surface area contributed by atoms with E-state index in [1.165, 1.54) is 0 Å². The zero-order valence-corrected chi connectivity index (χ0v) is 11.4. The van der Waals surface area contributed by atoms with E-state index < -0.39 is 32.5 Å². The highest BCUT2D eigenvalue weighted by Crippen LogP contribution is 2.31. The Labute approximate surface area is 114 Å². The third kappa shape index (κ3) is 4.43. The molecule has 0 heterocycles. The molecule has 0 amide bonds. The Morgan fingerprint density at radius 2 is 1.95 bits per heavy atom. The fourth-order valence-electron chi connectivity index (χ4n) is 1.38. The lowest BCUT2D eigenvalue weighted by Gasteiger charge is -2.12. The standard InChI is InChI=1S/C11H14F4N2O2S/c1-7(16)4-5-17-20(18,19)10-6-8(11(13,14)15)2-3-9(10)12/h2-3,6-7,17H,4-5,16H2,1H3. The van der Waals surface area contributed by atoms with Crippen molar-refractivity contribution in [2.24, 2.45) is 5.73 Å². The Morgan fingerprint density at radius 1 is 1.35 bits per heavy atom. The smallest absolute Gasteiger partial charge is 0.328 e. The van der Waals surface area contributed by atoms with Gasteiger partial charge in [-0.2, -0.15) is 13.2 Å². The molecule has 0 aromatic heterocycles. The lowest BCUT2D eigenvalue weighted by molar-refractivity contribution is -0.137. The van der Waals surface area contributed by atoms with Crippen molar-refractivity contribution in [3.05, 3.63) is 29.6 Å². The maximum atomic E-state index is 13.4. The third-order valence-corrected chi connectivity index (χ3v) is 3.92. The highest BCUT2D eigenvalue weighted by Gasteiger charge is 2.33. The van der Waals surface area contributed by atoms with Crippen molar-refractivity contribution < 1.29 is 26.0 Å². The summed E-state index contributed by atoms with van der Waals surface area (Å²) in [5.41, 5.74) is 4.18. The van der Waals surface area contributed by atoms with Gasteiger partial charge in [0, 0.05) is 12.6 Å². The van der Waals surface area contributed by atoms with E-state index in [9.17, 15) is 26.0 Å². The zero-order valence-electron chi connectivity index (χ0n) is 10.5. The number of rotatable bonds is 5. The van der Waals surface area contributed by atoms with Gasteiger partial charge in [-0.25, -0.2) is 17.5 Å². The number of halogens is 4. The zero-order chi connectivity index (χ0) is 15.6. The van der Waals surface area contributed by atoms with Gasteiger partial charge in [0.25, 0.3) is 0 Å². The first-order valence-electron chi connectivity index (χ1n) is 5.66. The summed E-state index contributed by atoms with van der Waals surface area (Å²) in [4.78, 5) is -1.03. The van der Waals surface area contributed by atoms with E-state index in [0.717, 1.165) is 0 Å². The van der Waals surface area contributed by atoms with Gasteiger partial charge in [0.2, 0.25) is 10.0 Å². The van der Waals surface area contributed by atoms with Gasteiger partial charge in [-0.3, -0.25) is 0 Å². The van der Waals surface area contributed by atoms with Crippen LogP contribution >= 0.6 is 0 Å². The molecule has 0 saturated heterocycles. The van der Waals surface area contributed by atoms with Crippen LogP contribution in [0, 0.1) is 5.82 Å². The molecular formula is C11H14F4N2O2S. The highest BCUT2D eigenvalue weighted by molar-refractivity contribution is 7.89. The minimum Gasteiger partial charge on any atom is -0.328 e. The second kappa shape index (κ2) is 6.06. The first-order chi connectivity index (χ1) is 9.04. The summed E-state index contributed by atoms with van der Waals surface area (Å²) in [6, 6.07) is 0.937. The van der Waals surface area contributed by atoms with Crippen molar-refractivity contribution in [2.45, 2.75) is 30.5 Å². The van der Waals surface area contributed by atoms with Crippen molar-refractivity contribution >= 4 is 10.0 Å². The van der Waals surface area contributed by atoms with Crippen LogP contribution in [0.1, 0.15) is 18.9 Å². The summed E-state index contributed by atoms with van der Waals surface area (Å²) in [5.74, 6) is -1.24. The van der Waals surface area contributed by atoms with Crippen LogP contribution < -0.4 is 10.5 Å². The van der Waals surface area contributed by atoms with Crippen molar-refractivity contribution in [3.8, 4) is 0 Å². The molecule has 0 bridgehead atoms. The molecule has 1 unspecified atom stereocenters. The lowest BCUT2D eigenvalue weighted by Crippen LogP contribution is -2.29. The fraction of sp³-hybridized carbons (Fsp3) is 0.455. The summed E-state index contributed by atoms with van der Waals surface area (Å²) in [6.07, 6.45) is -4.47.